The largest absolute Gasteiger partial charge is 0.495 e. The van der Waals surface area contributed by atoms with Crippen molar-refractivity contribution in [2.75, 3.05) is 7.11 Å². The maximum absolute atomic E-state index is 9.13. The molecule has 0 heterocycles. The van der Waals surface area contributed by atoms with Crippen LogP contribution in [-0.4, -0.2) is 7.11 Å². The molecule has 0 aliphatic rings. The summed E-state index contributed by atoms with van der Waals surface area (Å²) in [4.78, 5) is 0. The molecule has 0 saturated heterocycles. The quantitative estimate of drug-likeness (QED) is 0.812. The van der Waals surface area contributed by atoms with Gasteiger partial charge in [0.25, 0.3) is 0 Å². The summed E-state index contributed by atoms with van der Waals surface area (Å²) >= 11 is 0. The Morgan fingerprint density at radius 3 is 2.42 bits per heavy atom. The second-order valence-corrected chi connectivity index (χ2v) is 4.81. The fourth-order valence-corrected chi connectivity index (χ4v) is 2.05. The molecule has 2 nitrogen and oxygen atoms in total. The first-order valence-electron chi connectivity index (χ1n) is 6.34. The summed E-state index contributed by atoms with van der Waals surface area (Å²) in [6, 6.07) is 16.3. The van der Waals surface area contributed by atoms with Gasteiger partial charge in [-0.05, 0) is 34.7 Å². The van der Waals surface area contributed by atoms with Crippen LogP contribution in [0.15, 0.2) is 42.5 Å². The first-order chi connectivity index (χ1) is 9.15. The Kier molecular flexibility index (Phi) is 3.87. The summed E-state index contributed by atoms with van der Waals surface area (Å²) in [6.45, 7) is 4.35. The highest BCUT2D eigenvalue weighted by Gasteiger charge is 2.06. The van der Waals surface area contributed by atoms with Crippen molar-refractivity contribution in [3.05, 3.63) is 53.6 Å². The van der Waals surface area contributed by atoms with Crippen LogP contribution in [0.1, 0.15) is 30.9 Å². The summed E-state index contributed by atoms with van der Waals surface area (Å²) in [6.07, 6.45) is 0. The third-order valence-electron chi connectivity index (χ3n) is 3.21. The molecule has 0 radical (unpaired) electrons. The Hall–Kier alpha value is -2.27. The van der Waals surface area contributed by atoms with Crippen molar-refractivity contribution >= 4 is 0 Å². The standard InChI is InChI=1S/C17H17NO/c1-12(2)13-5-4-6-14(9-13)15-7-8-17(19-3)16(10-15)11-18/h4-10,12H,1-3H3. The molecule has 96 valence electrons. The van der Waals surface area contributed by atoms with Gasteiger partial charge >= 0.3 is 0 Å². The molecule has 0 aliphatic carbocycles. The first-order valence-corrected chi connectivity index (χ1v) is 6.34. The SMILES string of the molecule is COc1ccc(-c2cccc(C(C)C)c2)cc1C#N. The molecule has 2 heteroatoms. The van der Waals surface area contributed by atoms with Crippen LogP contribution in [0.4, 0.5) is 0 Å². The molecule has 0 aliphatic heterocycles. The normalized spacial score (nSPS) is 10.3. The first kappa shape index (κ1) is 13.2. The van der Waals surface area contributed by atoms with Crippen LogP contribution in [0.3, 0.4) is 0 Å². The smallest absolute Gasteiger partial charge is 0.136 e. The average molecular weight is 251 g/mol. The number of hydrogen-bond acceptors (Lipinski definition) is 2. The van der Waals surface area contributed by atoms with E-state index in [1.54, 1.807) is 7.11 Å². The van der Waals surface area contributed by atoms with Crippen LogP contribution in [0, 0.1) is 11.3 Å². The molecule has 0 bridgehead atoms. The van der Waals surface area contributed by atoms with E-state index in [-0.39, 0.29) is 0 Å². The van der Waals surface area contributed by atoms with E-state index in [1.807, 2.05) is 18.2 Å². The minimum Gasteiger partial charge on any atom is -0.495 e. The van der Waals surface area contributed by atoms with Gasteiger partial charge in [0.1, 0.15) is 11.8 Å². The average Bonchev–Trinajstić information content (AvgIpc) is 2.46. The second-order valence-electron chi connectivity index (χ2n) is 4.81. The van der Waals surface area contributed by atoms with Crippen LogP contribution in [0.5, 0.6) is 5.75 Å². The minimum absolute atomic E-state index is 0.494. The molecule has 0 spiro atoms. The van der Waals surface area contributed by atoms with Crippen molar-refractivity contribution in [3.63, 3.8) is 0 Å². The predicted octanol–water partition coefficient (Wildman–Crippen LogP) is 4.36. The van der Waals surface area contributed by atoms with Crippen LogP contribution in [0.25, 0.3) is 11.1 Å². The Morgan fingerprint density at radius 1 is 1.05 bits per heavy atom. The molecule has 0 saturated carbocycles. The highest BCUT2D eigenvalue weighted by molar-refractivity contribution is 5.68. The van der Waals surface area contributed by atoms with Crippen LogP contribution in [-0.2, 0) is 0 Å². The van der Waals surface area contributed by atoms with E-state index < -0.39 is 0 Å². The van der Waals surface area contributed by atoms with E-state index >= 15 is 0 Å². The zero-order valence-corrected chi connectivity index (χ0v) is 11.5. The van der Waals surface area contributed by atoms with Crippen molar-refractivity contribution in [2.45, 2.75) is 19.8 Å². The maximum atomic E-state index is 9.13. The van der Waals surface area contributed by atoms with Crippen LogP contribution in [0.2, 0.25) is 0 Å². The van der Waals surface area contributed by atoms with E-state index in [0.717, 1.165) is 11.1 Å². The summed E-state index contributed by atoms with van der Waals surface area (Å²) < 4.78 is 5.17. The molecule has 19 heavy (non-hydrogen) atoms. The third-order valence-corrected chi connectivity index (χ3v) is 3.21. The second kappa shape index (κ2) is 5.58. The molecule has 0 N–H and O–H groups in total. The van der Waals surface area contributed by atoms with Crippen LogP contribution < -0.4 is 4.74 Å². The number of rotatable bonds is 3. The number of hydrogen-bond donors (Lipinski definition) is 0. The zero-order chi connectivity index (χ0) is 13.8. The van der Waals surface area contributed by atoms with E-state index in [9.17, 15) is 0 Å². The monoisotopic (exact) mass is 251 g/mol. The number of methoxy groups -OCH3 is 1. The molecular weight excluding hydrogens is 234 g/mol. The van der Waals surface area contributed by atoms with Gasteiger partial charge in [-0.2, -0.15) is 5.26 Å². The summed E-state index contributed by atoms with van der Waals surface area (Å²) in [7, 11) is 1.58. The van der Waals surface area contributed by atoms with Gasteiger partial charge in [-0.1, -0.05) is 44.2 Å². The number of benzene rings is 2. The van der Waals surface area contributed by atoms with Gasteiger partial charge in [0.15, 0.2) is 0 Å². The van der Waals surface area contributed by atoms with E-state index in [4.69, 9.17) is 10.00 Å². The van der Waals surface area contributed by atoms with Gasteiger partial charge in [-0.3, -0.25) is 0 Å². The Morgan fingerprint density at radius 2 is 1.79 bits per heavy atom. The van der Waals surface area contributed by atoms with Gasteiger partial charge in [-0.15, -0.1) is 0 Å². The summed E-state index contributed by atoms with van der Waals surface area (Å²) in [5.41, 5.74) is 4.03. The topological polar surface area (TPSA) is 33.0 Å². The summed E-state index contributed by atoms with van der Waals surface area (Å²) in [5.74, 6) is 1.11. The molecule has 0 aromatic heterocycles. The highest BCUT2D eigenvalue weighted by Crippen LogP contribution is 2.28. The van der Waals surface area contributed by atoms with Gasteiger partial charge in [0.2, 0.25) is 0 Å². The lowest BCUT2D eigenvalue weighted by atomic mass is 9.96. The van der Waals surface area contributed by atoms with Crippen molar-refractivity contribution in [1.82, 2.24) is 0 Å². The van der Waals surface area contributed by atoms with E-state index in [0.29, 0.717) is 17.2 Å². The van der Waals surface area contributed by atoms with Gasteiger partial charge in [0.05, 0.1) is 12.7 Å². The molecule has 2 rings (SSSR count). The van der Waals surface area contributed by atoms with Gasteiger partial charge in [-0.25, -0.2) is 0 Å². The molecule has 0 amide bonds. The van der Waals surface area contributed by atoms with Crippen molar-refractivity contribution < 1.29 is 4.74 Å². The minimum atomic E-state index is 0.494. The number of nitriles is 1. The Balaban J connectivity index is 2.48. The van der Waals surface area contributed by atoms with Gasteiger partial charge < -0.3 is 4.74 Å². The molecular formula is C17H17NO. The molecule has 0 unspecified atom stereocenters. The Labute approximate surface area is 114 Å². The van der Waals surface area contributed by atoms with Gasteiger partial charge in [0, 0.05) is 0 Å². The van der Waals surface area contributed by atoms with Crippen molar-refractivity contribution in [2.24, 2.45) is 0 Å². The van der Waals surface area contributed by atoms with E-state index in [2.05, 4.69) is 44.2 Å². The lowest BCUT2D eigenvalue weighted by Crippen LogP contribution is -1.90. The molecule has 2 aromatic rings. The zero-order valence-electron chi connectivity index (χ0n) is 11.5. The third kappa shape index (κ3) is 2.77. The fourth-order valence-electron chi connectivity index (χ4n) is 2.05. The van der Waals surface area contributed by atoms with E-state index in [1.165, 1.54) is 5.56 Å². The maximum Gasteiger partial charge on any atom is 0.136 e. The lowest BCUT2D eigenvalue weighted by Gasteiger charge is -2.10. The molecule has 0 atom stereocenters. The Bertz CT molecular complexity index is 623. The van der Waals surface area contributed by atoms with Crippen molar-refractivity contribution in [3.8, 4) is 22.9 Å². The van der Waals surface area contributed by atoms with Crippen molar-refractivity contribution in [1.29, 1.82) is 5.26 Å². The number of ether oxygens (including phenoxy) is 1. The summed E-state index contributed by atoms with van der Waals surface area (Å²) in [5, 5.41) is 9.13. The predicted molar refractivity (Wildman–Crippen MR) is 77.2 cm³/mol. The van der Waals surface area contributed by atoms with Crippen LogP contribution >= 0.6 is 0 Å². The fraction of sp³-hybridized carbons (Fsp3) is 0.235. The molecule has 2 aromatic carbocycles. The number of nitrogens with zero attached hydrogens (tertiary/aromatic N) is 1. The lowest BCUT2D eigenvalue weighted by molar-refractivity contribution is 0.413. The highest BCUT2D eigenvalue weighted by atomic mass is 16.5. The molecule has 0 fully saturated rings.